The molecule has 0 aliphatic rings. The molecule has 9 heteroatoms. The number of anilines is 1. The van der Waals surface area contributed by atoms with Crippen molar-refractivity contribution in [3.8, 4) is 34.7 Å². The minimum absolute atomic E-state index is 0.0421. The summed E-state index contributed by atoms with van der Waals surface area (Å²) in [4.78, 5) is 8.75. The van der Waals surface area contributed by atoms with E-state index in [9.17, 15) is 14.9 Å². The van der Waals surface area contributed by atoms with Gasteiger partial charge in [-0.2, -0.15) is 10.5 Å². The van der Waals surface area contributed by atoms with Gasteiger partial charge in [-0.1, -0.05) is 36.0 Å². The first-order valence-corrected chi connectivity index (χ1v) is 11.7. The Balaban J connectivity index is 1.63. The molecule has 0 aliphatic heterocycles. The minimum atomic E-state index is -0.347. The number of halogens is 1. The number of aryl methyl sites for hydroxylation is 1. The van der Waals surface area contributed by atoms with Gasteiger partial charge in [-0.25, -0.2) is 14.4 Å². The Bertz CT molecular complexity index is 1420. The molecule has 0 aliphatic carbocycles. The van der Waals surface area contributed by atoms with Crippen LogP contribution in [0.3, 0.4) is 0 Å². The number of oxazole rings is 1. The summed E-state index contributed by atoms with van der Waals surface area (Å²) in [5, 5.41) is 29.1. The van der Waals surface area contributed by atoms with Crippen LogP contribution in [0.25, 0.3) is 22.6 Å². The van der Waals surface area contributed by atoms with E-state index in [0.29, 0.717) is 45.5 Å². The van der Waals surface area contributed by atoms with Crippen LogP contribution in [0, 0.1) is 28.5 Å². The molecule has 4 rings (SSSR count). The molecule has 2 aromatic heterocycles. The van der Waals surface area contributed by atoms with Gasteiger partial charge in [-0.05, 0) is 48.2 Å². The van der Waals surface area contributed by atoms with Gasteiger partial charge < -0.3 is 15.3 Å². The van der Waals surface area contributed by atoms with Crippen LogP contribution in [0.5, 0.6) is 0 Å². The van der Waals surface area contributed by atoms with Crippen LogP contribution in [-0.2, 0) is 12.2 Å². The van der Waals surface area contributed by atoms with Crippen molar-refractivity contribution in [2.45, 2.75) is 23.6 Å². The van der Waals surface area contributed by atoms with E-state index >= 15 is 0 Å². The molecule has 2 heterocycles. The number of pyridine rings is 1. The van der Waals surface area contributed by atoms with Crippen LogP contribution in [0.4, 0.5) is 10.2 Å². The van der Waals surface area contributed by atoms with E-state index in [1.807, 2.05) is 24.3 Å². The number of nitriles is 2. The fourth-order valence-corrected chi connectivity index (χ4v) is 4.43. The highest BCUT2D eigenvalue weighted by molar-refractivity contribution is 7.98. The monoisotopic (exact) mass is 485 g/mol. The zero-order valence-corrected chi connectivity index (χ0v) is 19.3. The summed E-state index contributed by atoms with van der Waals surface area (Å²) >= 11 is 1.26. The van der Waals surface area contributed by atoms with E-state index in [-0.39, 0.29) is 29.4 Å². The standard InChI is InChI=1S/C26H20FN5O2S/c27-19-9-7-18(8-10-19)25-31-20(14-34-25)15-35-26-22(13-29)23(21(12-28)24(30)32-26)17-5-3-16(4-6-17)2-1-11-33/h3-10,14,33H,1-2,11,15H2,(H2,30,32). The lowest BCUT2D eigenvalue weighted by molar-refractivity contribution is 0.288. The van der Waals surface area contributed by atoms with Gasteiger partial charge in [0.2, 0.25) is 5.89 Å². The first-order chi connectivity index (χ1) is 17.0. The highest BCUT2D eigenvalue weighted by Crippen LogP contribution is 2.37. The number of thioether (sulfide) groups is 1. The summed E-state index contributed by atoms with van der Waals surface area (Å²) < 4.78 is 18.7. The number of rotatable bonds is 8. The van der Waals surface area contributed by atoms with Crippen molar-refractivity contribution in [2.24, 2.45) is 0 Å². The number of benzene rings is 2. The van der Waals surface area contributed by atoms with Crippen molar-refractivity contribution in [1.29, 1.82) is 10.5 Å². The third kappa shape index (κ3) is 5.33. The van der Waals surface area contributed by atoms with E-state index < -0.39 is 0 Å². The average Bonchev–Trinajstić information content (AvgIpc) is 3.35. The molecule has 0 unspecified atom stereocenters. The summed E-state index contributed by atoms with van der Waals surface area (Å²) in [6.07, 6.45) is 2.88. The normalized spacial score (nSPS) is 10.6. The lowest BCUT2D eigenvalue weighted by Crippen LogP contribution is -2.03. The predicted octanol–water partition coefficient (Wildman–Crippen LogP) is 5.09. The van der Waals surface area contributed by atoms with Crippen molar-refractivity contribution in [1.82, 2.24) is 9.97 Å². The number of nitrogen functional groups attached to an aromatic ring is 1. The summed E-state index contributed by atoms with van der Waals surface area (Å²) in [6.45, 7) is 0.108. The lowest BCUT2D eigenvalue weighted by atomic mass is 9.95. The number of aromatic nitrogens is 2. The van der Waals surface area contributed by atoms with Gasteiger partial charge in [0.1, 0.15) is 40.6 Å². The molecule has 0 saturated heterocycles. The summed E-state index contributed by atoms with van der Waals surface area (Å²) in [7, 11) is 0. The predicted molar refractivity (Wildman–Crippen MR) is 130 cm³/mol. The third-order valence-corrected chi connectivity index (χ3v) is 6.29. The van der Waals surface area contributed by atoms with E-state index in [1.165, 1.54) is 30.2 Å². The zero-order valence-electron chi connectivity index (χ0n) is 18.5. The second-order valence-corrected chi connectivity index (χ2v) is 8.58. The van der Waals surface area contributed by atoms with Gasteiger partial charge in [0.25, 0.3) is 0 Å². The van der Waals surface area contributed by atoms with Crippen LogP contribution in [0.1, 0.15) is 28.8 Å². The first-order valence-electron chi connectivity index (χ1n) is 10.7. The molecule has 0 bridgehead atoms. The zero-order chi connectivity index (χ0) is 24.8. The van der Waals surface area contributed by atoms with Crippen LogP contribution in [0.2, 0.25) is 0 Å². The lowest BCUT2D eigenvalue weighted by Gasteiger charge is -2.13. The molecule has 0 saturated carbocycles. The smallest absolute Gasteiger partial charge is 0.226 e. The topological polar surface area (TPSA) is 133 Å². The van der Waals surface area contributed by atoms with Crippen LogP contribution >= 0.6 is 11.8 Å². The van der Waals surface area contributed by atoms with Crippen molar-refractivity contribution >= 4 is 17.6 Å². The summed E-state index contributed by atoms with van der Waals surface area (Å²) in [5.74, 6) is 0.396. The third-order valence-electron chi connectivity index (χ3n) is 5.28. The molecule has 7 nitrogen and oxygen atoms in total. The quantitative estimate of drug-likeness (QED) is 0.330. The largest absolute Gasteiger partial charge is 0.444 e. The maximum Gasteiger partial charge on any atom is 0.226 e. The van der Waals surface area contributed by atoms with Crippen molar-refractivity contribution in [3.63, 3.8) is 0 Å². The molecule has 0 spiro atoms. The Hall–Kier alpha value is -4.18. The van der Waals surface area contributed by atoms with Gasteiger partial charge in [-0.15, -0.1) is 0 Å². The van der Waals surface area contributed by atoms with E-state index in [4.69, 9.17) is 15.3 Å². The van der Waals surface area contributed by atoms with Gasteiger partial charge in [0.15, 0.2) is 0 Å². The van der Waals surface area contributed by atoms with Crippen LogP contribution in [-0.4, -0.2) is 21.7 Å². The maximum atomic E-state index is 13.2. The Morgan fingerprint density at radius 2 is 1.66 bits per heavy atom. The highest BCUT2D eigenvalue weighted by atomic mass is 32.2. The van der Waals surface area contributed by atoms with E-state index in [2.05, 4.69) is 22.1 Å². The molecule has 0 radical (unpaired) electrons. The number of aliphatic hydroxyl groups excluding tert-OH is 1. The van der Waals surface area contributed by atoms with Crippen LogP contribution in [0.15, 0.2) is 64.2 Å². The molecule has 4 aromatic rings. The SMILES string of the molecule is N#Cc1c(N)nc(SCc2coc(-c3ccc(F)cc3)n2)c(C#N)c1-c1ccc(CCCO)cc1. The summed E-state index contributed by atoms with van der Waals surface area (Å²) in [5.41, 5.74) is 9.92. The fraction of sp³-hybridized carbons (Fsp3) is 0.154. The van der Waals surface area contributed by atoms with Gasteiger partial charge in [0, 0.05) is 23.5 Å². The van der Waals surface area contributed by atoms with Gasteiger partial charge >= 0.3 is 0 Å². The molecule has 0 amide bonds. The number of hydrogen-bond acceptors (Lipinski definition) is 8. The number of aliphatic hydroxyl groups is 1. The van der Waals surface area contributed by atoms with Crippen molar-refractivity contribution in [2.75, 3.05) is 12.3 Å². The van der Waals surface area contributed by atoms with Gasteiger partial charge in [-0.3, -0.25) is 0 Å². The Morgan fingerprint density at radius 1 is 0.971 bits per heavy atom. The molecular weight excluding hydrogens is 465 g/mol. The number of hydrogen-bond donors (Lipinski definition) is 2. The second kappa shape index (κ2) is 10.8. The second-order valence-electron chi connectivity index (χ2n) is 7.61. The van der Waals surface area contributed by atoms with Gasteiger partial charge in [0.05, 0.1) is 11.3 Å². The Morgan fingerprint density at radius 3 is 2.31 bits per heavy atom. The van der Waals surface area contributed by atoms with Crippen molar-refractivity contribution < 1.29 is 13.9 Å². The maximum absolute atomic E-state index is 13.2. The first kappa shape index (κ1) is 24.0. The minimum Gasteiger partial charge on any atom is -0.444 e. The number of nitrogens with zero attached hydrogens (tertiary/aromatic N) is 4. The fourth-order valence-electron chi connectivity index (χ4n) is 3.55. The summed E-state index contributed by atoms with van der Waals surface area (Å²) in [6, 6.07) is 17.6. The molecular formula is C26H20FN5O2S. The van der Waals surface area contributed by atoms with Crippen LogP contribution < -0.4 is 5.73 Å². The number of nitrogens with two attached hydrogens (primary N) is 1. The molecule has 3 N–H and O–H groups in total. The Labute approximate surface area is 205 Å². The van der Waals surface area contributed by atoms with E-state index in [0.717, 1.165) is 12.0 Å². The average molecular weight is 486 g/mol. The Kier molecular flexibility index (Phi) is 7.41. The molecule has 0 fully saturated rings. The molecule has 174 valence electrons. The molecule has 2 aromatic carbocycles. The van der Waals surface area contributed by atoms with E-state index in [1.54, 1.807) is 12.1 Å². The molecule has 0 atom stereocenters. The molecule has 35 heavy (non-hydrogen) atoms. The van der Waals surface area contributed by atoms with Crippen molar-refractivity contribution in [3.05, 3.63) is 83.0 Å². The highest BCUT2D eigenvalue weighted by Gasteiger charge is 2.21.